The third-order valence-corrected chi connectivity index (χ3v) is 8.52. The Labute approximate surface area is 134 Å². The molecular formula is C19H32O3. The van der Waals surface area contributed by atoms with Gasteiger partial charge in [-0.1, -0.05) is 13.8 Å². The van der Waals surface area contributed by atoms with Gasteiger partial charge in [-0.2, -0.15) is 0 Å². The third-order valence-electron chi connectivity index (χ3n) is 8.52. The van der Waals surface area contributed by atoms with Gasteiger partial charge in [0.2, 0.25) is 0 Å². The molecule has 3 N–H and O–H groups in total. The maximum Gasteiger partial charge on any atom is 0.0597 e. The first-order valence-electron chi connectivity index (χ1n) is 9.40. The van der Waals surface area contributed by atoms with Gasteiger partial charge >= 0.3 is 0 Å². The summed E-state index contributed by atoms with van der Waals surface area (Å²) in [7, 11) is 0. The van der Waals surface area contributed by atoms with E-state index in [2.05, 4.69) is 13.8 Å². The summed E-state index contributed by atoms with van der Waals surface area (Å²) in [5.41, 5.74) is 0.119. The van der Waals surface area contributed by atoms with E-state index < -0.39 is 0 Å². The number of aliphatic hydroxyl groups is 3. The molecule has 22 heavy (non-hydrogen) atoms. The van der Waals surface area contributed by atoms with Crippen LogP contribution in [0.5, 0.6) is 0 Å². The second-order valence-corrected chi connectivity index (χ2v) is 9.37. The molecular weight excluding hydrogens is 276 g/mol. The second-order valence-electron chi connectivity index (χ2n) is 9.37. The van der Waals surface area contributed by atoms with Crippen LogP contribution in [0.25, 0.3) is 0 Å². The summed E-state index contributed by atoms with van der Waals surface area (Å²) in [5, 5.41) is 31.6. The SMILES string of the molecule is C[C@]12CC[C@H](O)C[C@H]1CC[C@@H]1[C@@H]2[C@H](O)C[C@]2(C)[C@@H](O)CC[C@@H]12. The smallest absolute Gasteiger partial charge is 0.0597 e. The number of aliphatic hydroxyl groups excluding tert-OH is 3. The molecule has 4 rings (SSSR count). The van der Waals surface area contributed by atoms with E-state index in [4.69, 9.17) is 0 Å². The second kappa shape index (κ2) is 4.94. The van der Waals surface area contributed by atoms with Crippen molar-refractivity contribution in [1.29, 1.82) is 0 Å². The third kappa shape index (κ3) is 1.91. The first-order chi connectivity index (χ1) is 10.4. The Morgan fingerprint density at radius 3 is 2.41 bits per heavy atom. The molecule has 0 aromatic heterocycles. The summed E-state index contributed by atoms with van der Waals surface area (Å²) >= 11 is 0. The monoisotopic (exact) mass is 308 g/mol. The van der Waals surface area contributed by atoms with E-state index in [0.29, 0.717) is 23.7 Å². The van der Waals surface area contributed by atoms with E-state index in [9.17, 15) is 15.3 Å². The van der Waals surface area contributed by atoms with Crippen LogP contribution < -0.4 is 0 Å². The fraction of sp³-hybridized carbons (Fsp3) is 1.00. The summed E-state index contributed by atoms with van der Waals surface area (Å²) in [5.74, 6) is 2.10. The fourth-order valence-electron chi connectivity index (χ4n) is 7.33. The van der Waals surface area contributed by atoms with Crippen molar-refractivity contribution in [3.63, 3.8) is 0 Å². The molecule has 3 heteroatoms. The zero-order valence-electron chi connectivity index (χ0n) is 14.0. The average molecular weight is 308 g/mol. The van der Waals surface area contributed by atoms with Crippen LogP contribution in [0.4, 0.5) is 0 Å². The lowest BCUT2D eigenvalue weighted by atomic mass is 9.44. The van der Waals surface area contributed by atoms with Gasteiger partial charge in [-0.3, -0.25) is 0 Å². The van der Waals surface area contributed by atoms with Crippen LogP contribution >= 0.6 is 0 Å². The lowest BCUT2D eigenvalue weighted by Crippen LogP contribution is -2.59. The predicted octanol–water partition coefficient (Wildman–Crippen LogP) is 2.72. The molecule has 0 heterocycles. The van der Waals surface area contributed by atoms with E-state index in [-0.39, 0.29) is 29.1 Å². The molecule has 126 valence electrons. The van der Waals surface area contributed by atoms with Gasteiger partial charge in [0, 0.05) is 0 Å². The molecule has 4 aliphatic rings. The van der Waals surface area contributed by atoms with Crippen molar-refractivity contribution in [2.24, 2.45) is 34.5 Å². The Kier molecular flexibility index (Phi) is 3.46. The summed E-state index contributed by atoms with van der Waals surface area (Å²) in [6, 6.07) is 0. The summed E-state index contributed by atoms with van der Waals surface area (Å²) < 4.78 is 0. The van der Waals surface area contributed by atoms with Crippen LogP contribution in [0, 0.1) is 34.5 Å². The largest absolute Gasteiger partial charge is 0.393 e. The van der Waals surface area contributed by atoms with Gasteiger partial charge in [0.15, 0.2) is 0 Å². The van der Waals surface area contributed by atoms with Crippen LogP contribution in [0.15, 0.2) is 0 Å². The van der Waals surface area contributed by atoms with E-state index in [1.165, 1.54) is 12.8 Å². The minimum Gasteiger partial charge on any atom is -0.393 e. The Balaban J connectivity index is 1.68. The average Bonchev–Trinajstić information content (AvgIpc) is 2.75. The van der Waals surface area contributed by atoms with Crippen LogP contribution in [0.2, 0.25) is 0 Å². The maximum absolute atomic E-state index is 11.0. The molecule has 0 amide bonds. The molecule has 9 atom stereocenters. The van der Waals surface area contributed by atoms with Gasteiger partial charge in [-0.05, 0) is 85.9 Å². The normalized spacial score (nSPS) is 61.2. The predicted molar refractivity (Wildman–Crippen MR) is 85.1 cm³/mol. The summed E-state index contributed by atoms with van der Waals surface area (Å²) in [6.07, 6.45) is 7.44. The Morgan fingerprint density at radius 1 is 0.864 bits per heavy atom. The summed E-state index contributed by atoms with van der Waals surface area (Å²) in [6.45, 7) is 4.60. The maximum atomic E-state index is 11.0. The molecule has 0 unspecified atom stereocenters. The van der Waals surface area contributed by atoms with Crippen molar-refractivity contribution in [2.45, 2.75) is 83.5 Å². The van der Waals surface area contributed by atoms with Gasteiger partial charge in [-0.15, -0.1) is 0 Å². The summed E-state index contributed by atoms with van der Waals surface area (Å²) in [4.78, 5) is 0. The molecule has 4 aliphatic carbocycles. The lowest BCUT2D eigenvalue weighted by molar-refractivity contribution is -0.183. The minimum atomic E-state index is -0.276. The first kappa shape index (κ1) is 15.4. The number of hydrogen-bond acceptors (Lipinski definition) is 3. The molecule has 0 bridgehead atoms. The van der Waals surface area contributed by atoms with Crippen LogP contribution in [0.3, 0.4) is 0 Å². The van der Waals surface area contributed by atoms with Crippen molar-refractivity contribution in [3.8, 4) is 0 Å². The zero-order valence-corrected chi connectivity index (χ0v) is 14.0. The molecule has 0 spiro atoms. The molecule has 3 nitrogen and oxygen atoms in total. The van der Waals surface area contributed by atoms with Gasteiger partial charge in [-0.25, -0.2) is 0 Å². The van der Waals surface area contributed by atoms with Crippen molar-refractivity contribution < 1.29 is 15.3 Å². The molecule has 0 saturated heterocycles. The Bertz CT molecular complexity index is 452. The van der Waals surface area contributed by atoms with E-state index in [1.54, 1.807) is 0 Å². The highest BCUT2D eigenvalue weighted by molar-refractivity contribution is 5.12. The standard InChI is InChI=1S/C19H32O3/c1-18-8-7-12(20)9-11(18)3-4-13-14-5-6-16(22)19(14,2)10-15(21)17(13)18/h11-17,20-22H,3-10H2,1-2H3/t11-,12+,13+,14+,15-,16+,17-,18+,19+/m1/s1. The zero-order chi connectivity index (χ0) is 15.7. The molecule has 4 fully saturated rings. The molecule has 4 saturated carbocycles. The van der Waals surface area contributed by atoms with Crippen LogP contribution in [-0.4, -0.2) is 33.6 Å². The van der Waals surface area contributed by atoms with Gasteiger partial charge in [0.25, 0.3) is 0 Å². The van der Waals surface area contributed by atoms with Gasteiger partial charge in [0.1, 0.15) is 0 Å². The van der Waals surface area contributed by atoms with Gasteiger partial charge < -0.3 is 15.3 Å². The number of rotatable bonds is 0. The fourth-order valence-corrected chi connectivity index (χ4v) is 7.33. The van der Waals surface area contributed by atoms with Crippen LogP contribution in [0.1, 0.15) is 65.2 Å². The quantitative estimate of drug-likeness (QED) is 0.645. The van der Waals surface area contributed by atoms with Crippen molar-refractivity contribution in [2.75, 3.05) is 0 Å². The molecule has 0 radical (unpaired) electrons. The van der Waals surface area contributed by atoms with E-state index in [1.807, 2.05) is 0 Å². The van der Waals surface area contributed by atoms with E-state index >= 15 is 0 Å². The molecule has 0 aromatic carbocycles. The Hall–Kier alpha value is -0.120. The van der Waals surface area contributed by atoms with Crippen molar-refractivity contribution in [3.05, 3.63) is 0 Å². The van der Waals surface area contributed by atoms with Crippen molar-refractivity contribution >= 4 is 0 Å². The van der Waals surface area contributed by atoms with Gasteiger partial charge in [0.05, 0.1) is 18.3 Å². The highest BCUT2D eigenvalue weighted by Crippen LogP contribution is 2.66. The topological polar surface area (TPSA) is 60.7 Å². The molecule has 0 aromatic rings. The highest BCUT2D eigenvalue weighted by atomic mass is 16.3. The molecule has 0 aliphatic heterocycles. The van der Waals surface area contributed by atoms with E-state index in [0.717, 1.165) is 38.5 Å². The first-order valence-corrected chi connectivity index (χ1v) is 9.40. The minimum absolute atomic E-state index is 0.0715. The lowest BCUT2D eigenvalue weighted by Gasteiger charge is -2.62. The highest BCUT2D eigenvalue weighted by Gasteiger charge is 2.62. The Morgan fingerprint density at radius 2 is 1.64 bits per heavy atom. The van der Waals surface area contributed by atoms with Crippen LogP contribution in [-0.2, 0) is 0 Å². The number of hydrogen-bond donors (Lipinski definition) is 3. The number of fused-ring (bicyclic) bond motifs is 5. The van der Waals surface area contributed by atoms with Crippen molar-refractivity contribution in [1.82, 2.24) is 0 Å².